The molecule has 0 saturated heterocycles. The van der Waals surface area contributed by atoms with Crippen LogP contribution >= 0.6 is 0 Å². The third-order valence-corrected chi connectivity index (χ3v) is 1.75. The highest BCUT2D eigenvalue weighted by atomic mass is 16.3. The molecule has 6 N–H and O–H groups in total. The molecule has 0 spiro atoms. The van der Waals surface area contributed by atoms with Gasteiger partial charge in [0.2, 0.25) is 17.8 Å². The predicted octanol–water partition coefficient (Wildman–Crippen LogP) is -1.21. The van der Waals surface area contributed by atoms with Crippen molar-refractivity contribution in [1.82, 2.24) is 15.0 Å². The average molecular weight is 226 g/mol. The lowest BCUT2D eigenvalue weighted by Crippen LogP contribution is -2.13. The zero-order valence-corrected chi connectivity index (χ0v) is 8.68. The highest BCUT2D eigenvalue weighted by molar-refractivity contribution is 5.78. The van der Waals surface area contributed by atoms with Gasteiger partial charge in [-0.05, 0) is 0 Å². The molecule has 0 saturated carbocycles. The number of nitrogens with zero attached hydrogens (tertiary/aromatic N) is 3. The van der Waals surface area contributed by atoms with Gasteiger partial charge in [-0.25, -0.2) is 0 Å². The first-order chi connectivity index (χ1) is 7.61. The Labute approximate surface area is 92.1 Å². The van der Waals surface area contributed by atoms with E-state index in [4.69, 9.17) is 16.6 Å². The molecule has 0 aliphatic heterocycles. The lowest BCUT2D eigenvalue weighted by molar-refractivity contribution is -0.119. The van der Waals surface area contributed by atoms with Crippen molar-refractivity contribution >= 4 is 23.6 Å². The van der Waals surface area contributed by atoms with Gasteiger partial charge in [0.05, 0.1) is 0 Å². The fourth-order valence-corrected chi connectivity index (χ4v) is 1.05. The van der Waals surface area contributed by atoms with E-state index in [0.717, 1.165) is 0 Å². The van der Waals surface area contributed by atoms with Crippen LogP contribution in [-0.4, -0.2) is 39.0 Å². The molecule has 1 heterocycles. The molecule has 1 aromatic rings. The van der Waals surface area contributed by atoms with Crippen molar-refractivity contribution in [2.75, 3.05) is 29.9 Å². The van der Waals surface area contributed by atoms with Crippen molar-refractivity contribution < 1.29 is 9.90 Å². The number of aliphatic hydroxyl groups excluding tert-OH is 1. The Kier molecular flexibility index (Phi) is 4.40. The number of ketones is 1. The van der Waals surface area contributed by atoms with Gasteiger partial charge in [0, 0.05) is 26.0 Å². The van der Waals surface area contributed by atoms with Crippen LogP contribution in [0.25, 0.3) is 0 Å². The highest BCUT2D eigenvalue weighted by Crippen LogP contribution is 2.03. The summed E-state index contributed by atoms with van der Waals surface area (Å²) < 4.78 is 0. The molecular formula is C8H14N6O2. The van der Waals surface area contributed by atoms with Crippen molar-refractivity contribution in [2.45, 2.75) is 12.8 Å². The molecule has 16 heavy (non-hydrogen) atoms. The molecule has 0 bridgehead atoms. The maximum atomic E-state index is 11.1. The molecule has 0 aliphatic carbocycles. The van der Waals surface area contributed by atoms with E-state index >= 15 is 0 Å². The number of anilines is 3. The van der Waals surface area contributed by atoms with Gasteiger partial charge in [0.1, 0.15) is 5.78 Å². The minimum Gasteiger partial charge on any atom is -0.396 e. The van der Waals surface area contributed by atoms with Crippen LogP contribution in [0.4, 0.5) is 17.8 Å². The summed E-state index contributed by atoms with van der Waals surface area (Å²) >= 11 is 0. The lowest BCUT2D eigenvalue weighted by atomic mass is 10.2. The summed E-state index contributed by atoms with van der Waals surface area (Å²) in [6.45, 7) is 0.228. The smallest absolute Gasteiger partial charge is 0.229 e. The van der Waals surface area contributed by atoms with Gasteiger partial charge in [0.25, 0.3) is 0 Å². The summed E-state index contributed by atoms with van der Waals surface area (Å²) in [5.74, 6) is 0.250. The number of carbonyl (C=O) groups is 1. The number of rotatable bonds is 6. The second kappa shape index (κ2) is 5.81. The van der Waals surface area contributed by atoms with E-state index < -0.39 is 0 Å². The fourth-order valence-electron chi connectivity index (χ4n) is 1.05. The molecule has 88 valence electrons. The molecule has 1 aromatic heterocycles. The van der Waals surface area contributed by atoms with Gasteiger partial charge >= 0.3 is 0 Å². The van der Waals surface area contributed by atoms with Gasteiger partial charge in [0.15, 0.2) is 0 Å². The summed E-state index contributed by atoms with van der Waals surface area (Å²) in [6.07, 6.45) is 0.440. The number of aliphatic hydroxyl groups is 1. The maximum Gasteiger partial charge on any atom is 0.229 e. The molecule has 0 unspecified atom stereocenters. The molecule has 1 rings (SSSR count). The minimum absolute atomic E-state index is 0.0247. The molecule has 0 amide bonds. The Balaban J connectivity index is 2.40. The third kappa shape index (κ3) is 4.05. The minimum atomic E-state index is -0.134. The molecule has 0 radical (unpaired) electrons. The summed E-state index contributed by atoms with van der Waals surface area (Å²) in [4.78, 5) is 22.2. The van der Waals surface area contributed by atoms with Crippen molar-refractivity contribution in [3.63, 3.8) is 0 Å². The number of Topliss-reactive ketones (excluding diaryl/α,β-unsaturated/α-hetero) is 1. The second-order valence-corrected chi connectivity index (χ2v) is 3.06. The lowest BCUT2D eigenvalue weighted by Gasteiger charge is -2.04. The Morgan fingerprint density at radius 2 is 1.81 bits per heavy atom. The first-order valence-corrected chi connectivity index (χ1v) is 4.75. The molecular weight excluding hydrogens is 212 g/mol. The monoisotopic (exact) mass is 226 g/mol. The zero-order chi connectivity index (χ0) is 12.0. The van der Waals surface area contributed by atoms with E-state index in [0.29, 0.717) is 6.54 Å². The zero-order valence-electron chi connectivity index (χ0n) is 8.68. The molecule has 0 fully saturated rings. The number of hydrogen-bond donors (Lipinski definition) is 4. The van der Waals surface area contributed by atoms with Crippen LogP contribution in [0.5, 0.6) is 0 Å². The van der Waals surface area contributed by atoms with E-state index in [1.165, 1.54) is 0 Å². The van der Waals surface area contributed by atoms with Gasteiger partial charge < -0.3 is 21.9 Å². The van der Waals surface area contributed by atoms with Crippen LogP contribution < -0.4 is 16.8 Å². The number of nitrogens with two attached hydrogens (primary N) is 2. The van der Waals surface area contributed by atoms with Gasteiger partial charge in [-0.1, -0.05) is 0 Å². The van der Waals surface area contributed by atoms with Crippen LogP contribution in [0.3, 0.4) is 0 Å². The van der Waals surface area contributed by atoms with Crippen LogP contribution in [0.15, 0.2) is 0 Å². The largest absolute Gasteiger partial charge is 0.396 e. The molecule has 0 aliphatic rings. The Morgan fingerprint density at radius 3 is 2.38 bits per heavy atom. The second-order valence-electron chi connectivity index (χ2n) is 3.06. The van der Waals surface area contributed by atoms with Crippen LogP contribution in [-0.2, 0) is 4.79 Å². The SMILES string of the molecule is Nc1nc(N)nc(NCCC(=O)CCO)n1. The van der Waals surface area contributed by atoms with Crippen molar-refractivity contribution in [2.24, 2.45) is 0 Å². The standard InChI is InChI=1S/C8H14N6O2/c9-6-12-7(10)14-8(13-6)11-3-1-5(16)2-4-15/h15H,1-4H2,(H5,9,10,11,12,13,14). The summed E-state index contributed by atoms with van der Waals surface area (Å²) in [5, 5.41) is 11.3. The maximum absolute atomic E-state index is 11.1. The Bertz CT molecular complexity index is 349. The van der Waals surface area contributed by atoms with E-state index in [9.17, 15) is 4.79 Å². The van der Waals surface area contributed by atoms with Crippen molar-refractivity contribution in [3.8, 4) is 0 Å². The predicted molar refractivity (Wildman–Crippen MR) is 58.5 cm³/mol. The van der Waals surface area contributed by atoms with Gasteiger partial charge in [-0.15, -0.1) is 0 Å². The highest BCUT2D eigenvalue weighted by Gasteiger charge is 2.03. The number of carbonyl (C=O) groups excluding carboxylic acids is 1. The number of nitrogen functional groups attached to an aromatic ring is 2. The quantitative estimate of drug-likeness (QED) is 0.473. The fraction of sp³-hybridized carbons (Fsp3) is 0.500. The van der Waals surface area contributed by atoms with E-state index in [1.54, 1.807) is 0 Å². The normalized spacial score (nSPS) is 10.1. The van der Waals surface area contributed by atoms with Crippen LogP contribution in [0.2, 0.25) is 0 Å². The number of nitrogens with one attached hydrogen (secondary N) is 1. The Hall–Kier alpha value is -1.96. The number of hydrogen-bond acceptors (Lipinski definition) is 8. The molecule has 8 heteroatoms. The van der Waals surface area contributed by atoms with E-state index in [1.807, 2.05) is 0 Å². The van der Waals surface area contributed by atoms with Crippen LogP contribution in [0, 0.1) is 0 Å². The molecule has 8 nitrogen and oxygen atoms in total. The summed E-state index contributed by atoms with van der Waals surface area (Å²) in [7, 11) is 0. The summed E-state index contributed by atoms with van der Waals surface area (Å²) in [6, 6.07) is 0. The average Bonchev–Trinajstić information content (AvgIpc) is 2.16. The third-order valence-electron chi connectivity index (χ3n) is 1.75. The van der Waals surface area contributed by atoms with Crippen LogP contribution in [0.1, 0.15) is 12.8 Å². The number of aromatic nitrogens is 3. The van der Waals surface area contributed by atoms with E-state index in [-0.39, 0.29) is 43.1 Å². The Morgan fingerprint density at radius 1 is 1.19 bits per heavy atom. The van der Waals surface area contributed by atoms with Crippen molar-refractivity contribution in [1.29, 1.82) is 0 Å². The summed E-state index contributed by atoms with van der Waals surface area (Å²) in [5.41, 5.74) is 10.7. The topological polar surface area (TPSA) is 140 Å². The van der Waals surface area contributed by atoms with Gasteiger partial charge in [-0.3, -0.25) is 4.79 Å². The molecule has 0 atom stereocenters. The van der Waals surface area contributed by atoms with Crippen molar-refractivity contribution in [3.05, 3.63) is 0 Å². The first-order valence-electron chi connectivity index (χ1n) is 4.75. The molecule has 0 aromatic carbocycles. The first kappa shape index (κ1) is 12.1. The van der Waals surface area contributed by atoms with E-state index in [2.05, 4.69) is 20.3 Å². The van der Waals surface area contributed by atoms with Gasteiger partial charge in [-0.2, -0.15) is 15.0 Å².